The molecule has 0 bridgehead atoms. The van der Waals surface area contributed by atoms with Crippen molar-refractivity contribution in [3.63, 3.8) is 0 Å². The third kappa shape index (κ3) is 13.6. The second kappa shape index (κ2) is 26.2. The van der Waals surface area contributed by atoms with Crippen LogP contribution in [0.15, 0.2) is 146 Å². The fraction of sp³-hybridized carbons (Fsp3) is 0.133. The Morgan fingerprint density at radius 3 is 0.366 bits per heavy atom. The zero-order chi connectivity index (χ0) is 44.5. The van der Waals surface area contributed by atoms with Gasteiger partial charge in [-0.15, -0.1) is 0 Å². The van der Waals surface area contributed by atoms with Crippen molar-refractivity contribution in [2.45, 2.75) is 55.4 Å². The van der Waals surface area contributed by atoms with Crippen molar-refractivity contribution < 1.29 is 51.2 Å². The van der Waals surface area contributed by atoms with Crippen LogP contribution >= 0.6 is 0 Å². The molecule has 8 aromatic heterocycles. The van der Waals surface area contributed by atoms with E-state index in [1.807, 2.05) is 104 Å². The Labute approximate surface area is 451 Å². The second-order valence-electron chi connectivity index (χ2n) is 16.5. The fourth-order valence-corrected chi connectivity index (χ4v) is 7.85. The van der Waals surface area contributed by atoms with Crippen LogP contribution < -0.4 is 0 Å². The van der Waals surface area contributed by atoms with Gasteiger partial charge in [-0.25, -0.2) is 0 Å². The molecule has 3 radical (unpaired) electrons. The zero-order valence-corrected chi connectivity index (χ0v) is 45.2. The van der Waals surface area contributed by atoms with Crippen LogP contribution in [0.2, 0.25) is 0 Å². The van der Waals surface area contributed by atoms with Crippen molar-refractivity contribution in [2.24, 2.45) is 0 Å². The van der Waals surface area contributed by atoms with Crippen LogP contribution in [0, 0.1) is 85.1 Å². The normalized spacial score (nSPS) is 10.0. The second-order valence-corrected chi connectivity index (χ2v) is 16.5. The molecule has 0 aliphatic heterocycles. The van der Waals surface area contributed by atoms with Crippen molar-refractivity contribution in [2.75, 3.05) is 0 Å². The van der Waals surface area contributed by atoms with Gasteiger partial charge in [-0.05, 0) is 104 Å². The Balaban J connectivity index is 0.000000314. The van der Waals surface area contributed by atoms with Crippen LogP contribution in [0.4, 0.5) is 0 Å². The Morgan fingerprint density at radius 2 is 0.268 bits per heavy atom. The molecule has 0 saturated carbocycles. The van der Waals surface area contributed by atoms with Gasteiger partial charge >= 0.3 is 34.1 Å². The minimum absolute atomic E-state index is 0. The molecule has 0 aliphatic rings. The van der Waals surface area contributed by atoms with Gasteiger partial charge in [-0.1, -0.05) is 97.1 Å². The largest absolute Gasteiger partial charge is 2.00 e. The summed E-state index contributed by atoms with van der Waals surface area (Å²) in [4.78, 5) is 36.7. The van der Waals surface area contributed by atoms with E-state index in [0.29, 0.717) is 0 Å². The summed E-state index contributed by atoms with van der Waals surface area (Å²) >= 11 is 0. The van der Waals surface area contributed by atoms with Crippen molar-refractivity contribution >= 4 is 87.2 Å². The summed E-state index contributed by atoms with van der Waals surface area (Å²) in [6.45, 7) is 16.1. The van der Waals surface area contributed by atoms with E-state index in [0.717, 1.165) is 133 Å². The van der Waals surface area contributed by atoms with Crippen molar-refractivity contribution in [3.05, 3.63) is 221 Å². The Morgan fingerprint density at radius 1 is 0.183 bits per heavy atom. The molecule has 0 aliphatic carbocycles. The Hall–Kier alpha value is -6.28. The molecule has 4 aromatic carbocycles. The maximum absolute atomic E-state index is 4.58. The van der Waals surface area contributed by atoms with Crippen LogP contribution in [-0.4, -0.2) is 39.9 Å². The number of hydrogen-bond donors (Lipinski definition) is 0. The van der Waals surface area contributed by atoms with E-state index in [4.69, 9.17) is 0 Å². The van der Waals surface area contributed by atoms with Gasteiger partial charge in [-0.2, -0.15) is 0 Å². The first-order valence-corrected chi connectivity index (χ1v) is 21.5. The Kier molecular flexibility index (Phi) is 22.5. The maximum atomic E-state index is 4.58. The van der Waals surface area contributed by atoms with Crippen molar-refractivity contribution in [1.82, 2.24) is 39.9 Å². The topological polar surface area (TPSA) is 103 Å². The van der Waals surface area contributed by atoms with Gasteiger partial charge in [0.15, 0.2) is 0 Å². The smallest absolute Gasteiger partial charge is 0.358 e. The van der Waals surface area contributed by atoms with Gasteiger partial charge in [0.25, 0.3) is 0 Å². The quantitative estimate of drug-likeness (QED) is 0.0840. The molecule has 12 rings (SSSR count). The monoisotopic (exact) mass is 1080 g/mol. The number of pyridine rings is 8. The van der Waals surface area contributed by atoms with Gasteiger partial charge in [0.05, 0.1) is 44.1 Å². The first kappa shape index (κ1) is 60.8. The average molecular weight is 1080 g/mol. The predicted molar refractivity (Wildman–Crippen MR) is 292 cm³/mol. The molecule has 0 spiro atoms. The van der Waals surface area contributed by atoms with Crippen LogP contribution in [0.25, 0.3) is 87.2 Å². The van der Waals surface area contributed by atoms with E-state index in [-0.39, 0.29) is 80.9 Å². The number of aromatic nitrogens is 8. The van der Waals surface area contributed by atoms with E-state index in [9.17, 15) is 0 Å². The molecular formula is C60H60Cu3N8. The summed E-state index contributed by atoms with van der Waals surface area (Å²) < 4.78 is 0. The number of aryl methyl sites for hydroxylation is 8. The van der Waals surface area contributed by atoms with E-state index in [2.05, 4.69) is 137 Å². The third-order valence-corrected chi connectivity index (χ3v) is 11.2. The van der Waals surface area contributed by atoms with E-state index < -0.39 is 0 Å². The minimum atomic E-state index is 0. The van der Waals surface area contributed by atoms with Crippen LogP contribution in [0.1, 0.15) is 45.6 Å². The molecule has 0 saturated heterocycles. The van der Waals surface area contributed by atoms with Crippen LogP contribution in [-0.2, 0) is 51.2 Å². The zero-order valence-electron chi connectivity index (χ0n) is 42.3. The summed E-state index contributed by atoms with van der Waals surface area (Å²) in [5.74, 6) is 0. The SMILES string of the molecule is Cc1ccc2ccc3ccc(C)nc3c2n1.Cc1ccc2ccc3ccc(C)nc3c2n1.Cc1ccc2ccc3ccc(C)nc3c2n1.Cc1ccc2ccc3ccc(C)nc3c2n1.[CH3-].[CH3-].[CH3-].[CH3-].[Cu+2].[Cu+2].[Cu]. The molecule has 0 N–H and O–H groups in total. The summed E-state index contributed by atoms with van der Waals surface area (Å²) in [6, 6.07) is 49.8. The maximum Gasteiger partial charge on any atom is 2.00 e. The number of rotatable bonds is 0. The third-order valence-electron chi connectivity index (χ3n) is 11.2. The van der Waals surface area contributed by atoms with Gasteiger partial charge in [0, 0.05) is 106 Å². The average Bonchev–Trinajstić information content (AvgIpc) is 3.29. The molecule has 0 unspecified atom stereocenters. The minimum Gasteiger partial charge on any atom is -0.358 e. The molecule has 0 atom stereocenters. The van der Waals surface area contributed by atoms with E-state index in [1.54, 1.807) is 0 Å². The summed E-state index contributed by atoms with van der Waals surface area (Å²) in [5, 5.41) is 9.19. The van der Waals surface area contributed by atoms with Gasteiger partial charge in [0.1, 0.15) is 0 Å². The summed E-state index contributed by atoms with van der Waals surface area (Å²) in [5.41, 5.74) is 16.3. The number of benzene rings is 4. The molecule has 8 nitrogen and oxygen atoms in total. The fourth-order valence-electron chi connectivity index (χ4n) is 7.85. The van der Waals surface area contributed by atoms with Crippen LogP contribution in [0.3, 0.4) is 0 Å². The molecule has 373 valence electrons. The van der Waals surface area contributed by atoms with Crippen molar-refractivity contribution in [1.29, 1.82) is 0 Å². The van der Waals surface area contributed by atoms with Gasteiger partial charge in [0.2, 0.25) is 0 Å². The predicted octanol–water partition coefficient (Wildman–Crippen LogP) is 15.4. The van der Waals surface area contributed by atoms with E-state index >= 15 is 0 Å². The number of hydrogen-bond acceptors (Lipinski definition) is 8. The standard InChI is InChI=1S/4C14H12N2.4CH3.3Cu/c4*1-9-3-5-11-7-8-12-6-4-10(2)16-14(12)13(11)15-9;;;;;;;/h4*3-8H,1-2H3;4*1H3;;;/q;;;;4*-1;;2*+2. The molecule has 12 aromatic rings. The molecule has 0 fully saturated rings. The summed E-state index contributed by atoms with van der Waals surface area (Å²) in [7, 11) is 0. The van der Waals surface area contributed by atoms with Gasteiger partial charge < -0.3 is 29.7 Å². The Bertz CT molecular complexity index is 3010. The first-order chi connectivity index (χ1) is 30.9. The van der Waals surface area contributed by atoms with E-state index in [1.165, 1.54) is 0 Å². The summed E-state index contributed by atoms with van der Waals surface area (Å²) in [6.07, 6.45) is 0. The first-order valence-electron chi connectivity index (χ1n) is 21.5. The molecule has 0 amide bonds. The van der Waals surface area contributed by atoms with Gasteiger partial charge in [-0.3, -0.25) is 39.9 Å². The van der Waals surface area contributed by atoms with Crippen molar-refractivity contribution in [3.8, 4) is 0 Å². The molecular weight excluding hydrogens is 1020 g/mol. The molecule has 8 heterocycles. The number of fused-ring (bicyclic) bond motifs is 12. The molecule has 71 heavy (non-hydrogen) atoms. The number of nitrogens with zero attached hydrogens (tertiary/aromatic N) is 8. The van der Waals surface area contributed by atoms with Crippen LogP contribution in [0.5, 0.6) is 0 Å². The molecule has 11 heteroatoms.